The minimum Gasteiger partial charge on any atom is -0.484 e. The van der Waals surface area contributed by atoms with Crippen LogP contribution in [0, 0.1) is 5.82 Å². The molecule has 2 rings (SSSR count). The van der Waals surface area contributed by atoms with Crippen LogP contribution < -0.4 is 21.7 Å². The number of hydrogen-bond donors (Lipinski definition) is 1. The lowest BCUT2D eigenvalue weighted by molar-refractivity contribution is 0.0919. The van der Waals surface area contributed by atoms with Gasteiger partial charge in [-0.3, -0.25) is 18.7 Å². The summed E-state index contributed by atoms with van der Waals surface area (Å²) >= 11 is 3.12. The van der Waals surface area contributed by atoms with E-state index < -0.39 is 29.5 Å². The van der Waals surface area contributed by atoms with Gasteiger partial charge in [0, 0.05) is 13.6 Å². The highest BCUT2D eigenvalue weighted by atomic mass is 79.9. The Labute approximate surface area is 151 Å². The molecule has 0 saturated heterocycles. The molecule has 134 valence electrons. The molecule has 7 nitrogen and oxygen atoms in total. The molecule has 1 aromatic heterocycles. The molecule has 9 heteroatoms. The molecule has 0 amide bonds. The Balaban J connectivity index is 2.36. The van der Waals surface area contributed by atoms with Gasteiger partial charge in [0.25, 0.3) is 5.56 Å². The van der Waals surface area contributed by atoms with Gasteiger partial charge in [0.2, 0.25) is 5.78 Å². The second-order valence-electron chi connectivity index (χ2n) is 5.35. The lowest BCUT2D eigenvalue weighted by Gasteiger charge is -2.14. The molecule has 1 heterocycles. The largest absolute Gasteiger partial charge is 0.484 e. The minimum atomic E-state index is -0.776. The Morgan fingerprint density at radius 1 is 1.36 bits per heavy atom. The van der Waals surface area contributed by atoms with E-state index in [1.165, 1.54) is 29.8 Å². The first-order valence-electron chi connectivity index (χ1n) is 7.48. The molecule has 0 bridgehead atoms. The zero-order valence-electron chi connectivity index (χ0n) is 13.7. The second kappa shape index (κ2) is 7.64. The number of ketones is 1. The summed E-state index contributed by atoms with van der Waals surface area (Å²) in [6.07, 6.45) is 0.606. The molecule has 25 heavy (non-hydrogen) atoms. The highest BCUT2D eigenvalue weighted by Crippen LogP contribution is 2.25. The zero-order chi connectivity index (χ0) is 18.7. The standard InChI is InChI=1S/C16H17BrFN3O4/c1-3-6-21-14(19)13(15(23)20(2)16(21)24)11(22)8-25-12-5-4-9(18)7-10(12)17/h4-5,7H,3,6,8,19H2,1-2H3. The van der Waals surface area contributed by atoms with E-state index in [1.807, 2.05) is 6.92 Å². The number of Topliss-reactive ketones (excluding diaryl/α,β-unsaturated/α-hetero) is 1. The Morgan fingerprint density at radius 3 is 2.64 bits per heavy atom. The third-order valence-corrected chi connectivity index (χ3v) is 4.18. The average Bonchev–Trinajstić information content (AvgIpc) is 2.56. The number of nitrogens with two attached hydrogens (primary N) is 1. The first-order chi connectivity index (χ1) is 11.8. The number of nitrogens with zero attached hydrogens (tertiary/aromatic N) is 2. The number of rotatable bonds is 6. The number of hydrogen-bond acceptors (Lipinski definition) is 5. The Morgan fingerprint density at radius 2 is 2.04 bits per heavy atom. The summed E-state index contributed by atoms with van der Waals surface area (Å²) in [5.74, 6) is -1.07. The molecule has 0 aliphatic heterocycles. The second-order valence-corrected chi connectivity index (χ2v) is 6.20. The predicted octanol–water partition coefficient (Wildman–Crippen LogP) is 1.70. The van der Waals surface area contributed by atoms with Crippen molar-refractivity contribution in [3.05, 3.63) is 54.9 Å². The molecule has 0 unspecified atom stereocenters. The van der Waals surface area contributed by atoms with Crippen molar-refractivity contribution in [2.75, 3.05) is 12.3 Å². The normalized spacial score (nSPS) is 10.7. The maximum Gasteiger partial charge on any atom is 0.332 e. The Bertz CT molecular complexity index is 936. The van der Waals surface area contributed by atoms with Crippen LogP contribution in [0.25, 0.3) is 0 Å². The summed E-state index contributed by atoms with van der Waals surface area (Å²) in [5.41, 5.74) is 4.22. The van der Waals surface area contributed by atoms with Crippen LogP contribution in [0.5, 0.6) is 5.75 Å². The van der Waals surface area contributed by atoms with Crippen molar-refractivity contribution in [3.8, 4) is 5.75 Å². The Kier molecular flexibility index (Phi) is 5.78. The maximum atomic E-state index is 13.1. The number of anilines is 1. The molecule has 0 fully saturated rings. The van der Waals surface area contributed by atoms with E-state index in [2.05, 4.69) is 15.9 Å². The van der Waals surface area contributed by atoms with Gasteiger partial charge < -0.3 is 10.5 Å². The number of carbonyl (C=O) groups is 1. The molecule has 2 aromatic rings. The lowest BCUT2D eigenvalue weighted by atomic mass is 10.2. The summed E-state index contributed by atoms with van der Waals surface area (Å²) in [5, 5.41) is 0. The third kappa shape index (κ3) is 3.81. The maximum absolute atomic E-state index is 13.1. The fraction of sp³-hybridized carbons (Fsp3) is 0.312. The predicted molar refractivity (Wildman–Crippen MR) is 94.6 cm³/mol. The van der Waals surface area contributed by atoms with Gasteiger partial charge in [0.05, 0.1) is 4.47 Å². The van der Waals surface area contributed by atoms with Gasteiger partial charge in [-0.15, -0.1) is 0 Å². The molecule has 1 aromatic carbocycles. The van der Waals surface area contributed by atoms with Crippen LogP contribution in [0.3, 0.4) is 0 Å². The van der Waals surface area contributed by atoms with Crippen LogP contribution in [-0.4, -0.2) is 21.5 Å². The molecule has 0 atom stereocenters. The van der Waals surface area contributed by atoms with Crippen LogP contribution in [0.15, 0.2) is 32.3 Å². The van der Waals surface area contributed by atoms with Crippen LogP contribution in [0.4, 0.5) is 10.2 Å². The van der Waals surface area contributed by atoms with Gasteiger partial charge >= 0.3 is 5.69 Å². The number of nitrogen functional groups attached to an aromatic ring is 1. The fourth-order valence-electron chi connectivity index (χ4n) is 2.29. The van der Waals surface area contributed by atoms with E-state index in [-0.39, 0.29) is 23.7 Å². The van der Waals surface area contributed by atoms with Crippen LogP contribution in [0.2, 0.25) is 0 Å². The smallest absolute Gasteiger partial charge is 0.332 e. The first-order valence-corrected chi connectivity index (χ1v) is 8.27. The number of benzene rings is 1. The molecule has 0 radical (unpaired) electrons. The van der Waals surface area contributed by atoms with E-state index >= 15 is 0 Å². The number of halogens is 2. The van der Waals surface area contributed by atoms with E-state index in [0.717, 1.165) is 4.57 Å². The van der Waals surface area contributed by atoms with Crippen LogP contribution in [-0.2, 0) is 13.6 Å². The zero-order valence-corrected chi connectivity index (χ0v) is 15.3. The van der Waals surface area contributed by atoms with Crippen molar-refractivity contribution >= 4 is 27.5 Å². The molecule has 2 N–H and O–H groups in total. The topological polar surface area (TPSA) is 96.3 Å². The Hall–Kier alpha value is -2.42. The monoisotopic (exact) mass is 413 g/mol. The van der Waals surface area contributed by atoms with E-state index in [1.54, 1.807) is 0 Å². The van der Waals surface area contributed by atoms with Crippen molar-refractivity contribution in [2.45, 2.75) is 19.9 Å². The van der Waals surface area contributed by atoms with Gasteiger partial charge in [-0.25, -0.2) is 9.18 Å². The van der Waals surface area contributed by atoms with Crippen LogP contribution >= 0.6 is 15.9 Å². The van der Waals surface area contributed by atoms with Gasteiger partial charge in [-0.1, -0.05) is 6.92 Å². The van der Waals surface area contributed by atoms with Crippen molar-refractivity contribution < 1.29 is 13.9 Å². The van der Waals surface area contributed by atoms with Crippen molar-refractivity contribution in [1.82, 2.24) is 9.13 Å². The quantitative estimate of drug-likeness (QED) is 0.726. The highest BCUT2D eigenvalue weighted by molar-refractivity contribution is 9.10. The van der Waals surface area contributed by atoms with E-state index in [4.69, 9.17) is 10.5 Å². The SMILES string of the molecule is CCCn1c(N)c(C(=O)COc2ccc(F)cc2Br)c(=O)n(C)c1=O. The van der Waals surface area contributed by atoms with Crippen molar-refractivity contribution in [1.29, 1.82) is 0 Å². The number of aromatic nitrogens is 2. The molecule has 0 saturated carbocycles. The highest BCUT2D eigenvalue weighted by Gasteiger charge is 2.22. The number of ether oxygens (including phenoxy) is 1. The van der Waals surface area contributed by atoms with Crippen molar-refractivity contribution in [2.24, 2.45) is 7.05 Å². The summed E-state index contributed by atoms with van der Waals surface area (Å²) in [6, 6.07) is 3.72. The summed E-state index contributed by atoms with van der Waals surface area (Å²) in [7, 11) is 1.28. The van der Waals surface area contributed by atoms with Gasteiger partial charge in [0.15, 0.2) is 6.61 Å². The molecule has 0 aliphatic rings. The van der Waals surface area contributed by atoms with Gasteiger partial charge in [-0.05, 0) is 40.5 Å². The average molecular weight is 414 g/mol. The third-order valence-electron chi connectivity index (χ3n) is 3.56. The molecule has 0 aliphatic carbocycles. The number of carbonyl (C=O) groups excluding carboxylic acids is 1. The summed E-state index contributed by atoms with van der Waals surface area (Å²) in [6.45, 7) is 1.64. The van der Waals surface area contributed by atoms with Gasteiger partial charge in [0.1, 0.15) is 22.9 Å². The molecule has 0 spiro atoms. The minimum absolute atomic E-state index is 0.179. The molecular formula is C16H17BrFN3O4. The first kappa shape index (κ1) is 18.9. The summed E-state index contributed by atoms with van der Waals surface area (Å²) in [4.78, 5) is 36.8. The van der Waals surface area contributed by atoms with Gasteiger partial charge in [-0.2, -0.15) is 0 Å². The fourth-order valence-corrected chi connectivity index (χ4v) is 2.76. The van der Waals surface area contributed by atoms with Crippen molar-refractivity contribution in [3.63, 3.8) is 0 Å². The van der Waals surface area contributed by atoms with E-state index in [0.29, 0.717) is 10.9 Å². The summed E-state index contributed by atoms with van der Waals surface area (Å²) < 4.78 is 20.8. The lowest BCUT2D eigenvalue weighted by Crippen LogP contribution is -2.43. The van der Waals surface area contributed by atoms with E-state index in [9.17, 15) is 18.8 Å². The van der Waals surface area contributed by atoms with Crippen LogP contribution in [0.1, 0.15) is 23.7 Å². The molecular weight excluding hydrogens is 397 g/mol.